The van der Waals surface area contributed by atoms with E-state index in [0.29, 0.717) is 19.8 Å². The molecular formula is C15H30O5. The van der Waals surface area contributed by atoms with Gasteiger partial charge in [0.2, 0.25) is 0 Å². The molecule has 1 unspecified atom stereocenters. The van der Waals surface area contributed by atoms with E-state index in [1.54, 1.807) is 0 Å². The molecule has 0 aliphatic carbocycles. The topological polar surface area (TPSA) is 54.0 Å². The van der Waals surface area contributed by atoms with Crippen LogP contribution in [0.15, 0.2) is 0 Å². The van der Waals surface area contributed by atoms with Crippen LogP contribution in [0, 0.1) is 5.41 Å². The highest BCUT2D eigenvalue weighted by Gasteiger charge is 2.26. The SMILES string of the molecule is CCOCCCOC(C)OCCOC(=O)C(C)(C)CC. The molecule has 0 fully saturated rings. The van der Waals surface area contributed by atoms with Gasteiger partial charge in [-0.15, -0.1) is 0 Å². The number of rotatable bonds is 12. The standard InChI is InChI=1S/C15H30O5/c1-6-15(4,5)14(16)20-12-11-19-13(3)18-10-8-9-17-7-2/h13H,6-12H2,1-5H3. The molecule has 0 bridgehead atoms. The molecule has 0 spiro atoms. The van der Waals surface area contributed by atoms with Crippen LogP contribution in [0.3, 0.4) is 0 Å². The van der Waals surface area contributed by atoms with E-state index in [1.165, 1.54) is 0 Å². The highest BCUT2D eigenvalue weighted by atomic mass is 16.7. The van der Waals surface area contributed by atoms with E-state index in [9.17, 15) is 4.79 Å². The van der Waals surface area contributed by atoms with E-state index in [-0.39, 0.29) is 18.9 Å². The van der Waals surface area contributed by atoms with Gasteiger partial charge in [0.1, 0.15) is 6.61 Å². The van der Waals surface area contributed by atoms with Crippen molar-refractivity contribution in [1.29, 1.82) is 0 Å². The van der Waals surface area contributed by atoms with Crippen LogP contribution in [-0.4, -0.2) is 45.3 Å². The molecule has 120 valence electrons. The van der Waals surface area contributed by atoms with Gasteiger partial charge in [0.05, 0.1) is 18.6 Å². The molecule has 5 heteroatoms. The van der Waals surface area contributed by atoms with Gasteiger partial charge in [-0.2, -0.15) is 0 Å². The first kappa shape index (κ1) is 19.4. The molecule has 20 heavy (non-hydrogen) atoms. The predicted molar refractivity (Wildman–Crippen MR) is 77.5 cm³/mol. The lowest BCUT2D eigenvalue weighted by Crippen LogP contribution is -2.27. The van der Waals surface area contributed by atoms with Crippen molar-refractivity contribution in [2.75, 3.05) is 33.0 Å². The van der Waals surface area contributed by atoms with E-state index >= 15 is 0 Å². The minimum absolute atomic E-state index is 0.186. The monoisotopic (exact) mass is 290 g/mol. The molecule has 0 rings (SSSR count). The Morgan fingerprint density at radius 2 is 1.70 bits per heavy atom. The van der Waals surface area contributed by atoms with E-state index in [0.717, 1.165) is 19.4 Å². The van der Waals surface area contributed by atoms with Crippen LogP contribution < -0.4 is 0 Å². The second-order valence-corrected chi connectivity index (χ2v) is 5.23. The molecule has 0 saturated heterocycles. The molecule has 0 aromatic carbocycles. The molecule has 0 heterocycles. The zero-order valence-electron chi connectivity index (χ0n) is 13.6. The highest BCUT2D eigenvalue weighted by molar-refractivity contribution is 5.75. The van der Waals surface area contributed by atoms with Gasteiger partial charge in [-0.3, -0.25) is 4.79 Å². The smallest absolute Gasteiger partial charge is 0.311 e. The number of esters is 1. The van der Waals surface area contributed by atoms with Crippen LogP contribution in [0.25, 0.3) is 0 Å². The molecule has 0 N–H and O–H groups in total. The fourth-order valence-electron chi connectivity index (χ4n) is 1.29. The van der Waals surface area contributed by atoms with Gasteiger partial charge in [0.25, 0.3) is 0 Å². The molecule has 0 saturated carbocycles. The summed E-state index contributed by atoms with van der Waals surface area (Å²) in [7, 11) is 0. The second-order valence-electron chi connectivity index (χ2n) is 5.23. The molecule has 0 aliphatic rings. The van der Waals surface area contributed by atoms with Crippen molar-refractivity contribution >= 4 is 5.97 Å². The second kappa shape index (κ2) is 11.1. The average molecular weight is 290 g/mol. The van der Waals surface area contributed by atoms with Gasteiger partial charge >= 0.3 is 5.97 Å². The van der Waals surface area contributed by atoms with Crippen LogP contribution in [-0.2, 0) is 23.7 Å². The molecule has 0 aromatic rings. The van der Waals surface area contributed by atoms with E-state index in [2.05, 4.69) is 0 Å². The third kappa shape index (κ3) is 9.28. The van der Waals surface area contributed by atoms with Crippen LogP contribution in [0.1, 0.15) is 47.5 Å². The summed E-state index contributed by atoms with van der Waals surface area (Å²) in [6.07, 6.45) is 1.31. The Morgan fingerprint density at radius 1 is 1.05 bits per heavy atom. The maximum atomic E-state index is 11.7. The number of carbonyl (C=O) groups excluding carboxylic acids is 1. The third-order valence-corrected chi connectivity index (χ3v) is 3.10. The van der Waals surface area contributed by atoms with Gasteiger partial charge < -0.3 is 18.9 Å². The van der Waals surface area contributed by atoms with E-state index < -0.39 is 5.41 Å². The van der Waals surface area contributed by atoms with Crippen molar-refractivity contribution in [3.63, 3.8) is 0 Å². The Bertz CT molecular complexity index is 253. The van der Waals surface area contributed by atoms with Gasteiger partial charge in [0, 0.05) is 13.2 Å². The molecule has 1 atom stereocenters. The first-order valence-electron chi connectivity index (χ1n) is 7.42. The number of ether oxygens (including phenoxy) is 4. The van der Waals surface area contributed by atoms with Crippen LogP contribution >= 0.6 is 0 Å². The summed E-state index contributed by atoms with van der Waals surface area (Å²) in [6, 6.07) is 0. The molecule has 0 aromatic heterocycles. The highest BCUT2D eigenvalue weighted by Crippen LogP contribution is 2.21. The number of carbonyl (C=O) groups is 1. The summed E-state index contributed by atoms with van der Waals surface area (Å²) in [5, 5.41) is 0. The largest absolute Gasteiger partial charge is 0.463 e. The lowest BCUT2D eigenvalue weighted by atomic mass is 9.91. The summed E-state index contributed by atoms with van der Waals surface area (Å²) >= 11 is 0. The lowest BCUT2D eigenvalue weighted by molar-refractivity contribution is -0.164. The predicted octanol–water partition coefficient (Wildman–Crippen LogP) is 2.77. The summed E-state index contributed by atoms with van der Waals surface area (Å²) in [5.74, 6) is -0.186. The van der Waals surface area contributed by atoms with Crippen molar-refractivity contribution < 1.29 is 23.7 Å². The molecular weight excluding hydrogens is 260 g/mol. The fourth-order valence-corrected chi connectivity index (χ4v) is 1.29. The third-order valence-electron chi connectivity index (χ3n) is 3.10. The van der Waals surface area contributed by atoms with Gasteiger partial charge in [-0.25, -0.2) is 0 Å². The lowest BCUT2D eigenvalue weighted by Gasteiger charge is -2.20. The number of hydrogen-bond donors (Lipinski definition) is 0. The van der Waals surface area contributed by atoms with E-state index in [4.69, 9.17) is 18.9 Å². The first-order valence-corrected chi connectivity index (χ1v) is 7.42. The Kier molecular flexibility index (Phi) is 10.7. The van der Waals surface area contributed by atoms with Gasteiger partial charge in [-0.05, 0) is 40.5 Å². The fraction of sp³-hybridized carbons (Fsp3) is 0.933. The summed E-state index contributed by atoms with van der Waals surface area (Å²) in [5.41, 5.74) is -0.429. The molecule has 0 aliphatic heterocycles. The minimum atomic E-state index is -0.429. The van der Waals surface area contributed by atoms with Crippen LogP contribution in [0.4, 0.5) is 0 Å². The normalized spacial score (nSPS) is 13.2. The van der Waals surface area contributed by atoms with Gasteiger partial charge in [0.15, 0.2) is 6.29 Å². The number of hydrogen-bond acceptors (Lipinski definition) is 5. The Morgan fingerprint density at radius 3 is 2.30 bits per heavy atom. The summed E-state index contributed by atoms with van der Waals surface area (Å²) in [4.78, 5) is 11.7. The molecule has 0 radical (unpaired) electrons. The summed E-state index contributed by atoms with van der Waals surface area (Å²) in [6.45, 7) is 12.2. The quantitative estimate of drug-likeness (QED) is 0.314. The van der Waals surface area contributed by atoms with Crippen molar-refractivity contribution in [3.05, 3.63) is 0 Å². The van der Waals surface area contributed by atoms with Crippen molar-refractivity contribution in [1.82, 2.24) is 0 Å². The maximum absolute atomic E-state index is 11.7. The van der Waals surface area contributed by atoms with E-state index in [1.807, 2.05) is 34.6 Å². The Hall–Kier alpha value is -0.650. The minimum Gasteiger partial charge on any atom is -0.463 e. The summed E-state index contributed by atoms with van der Waals surface area (Å²) < 4.78 is 21.2. The van der Waals surface area contributed by atoms with Gasteiger partial charge in [-0.1, -0.05) is 6.92 Å². The molecule has 0 amide bonds. The van der Waals surface area contributed by atoms with Crippen LogP contribution in [0.5, 0.6) is 0 Å². The Balaban J connectivity index is 3.52. The molecule has 5 nitrogen and oxygen atoms in total. The zero-order valence-corrected chi connectivity index (χ0v) is 13.6. The zero-order chi connectivity index (χ0) is 15.4. The Labute approximate surface area is 122 Å². The average Bonchev–Trinajstić information content (AvgIpc) is 2.43. The van der Waals surface area contributed by atoms with Crippen molar-refractivity contribution in [2.24, 2.45) is 5.41 Å². The van der Waals surface area contributed by atoms with Crippen molar-refractivity contribution in [2.45, 2.75) is 53.8 Å². The first-order chi connectivity index (χ1) is 9.44. The van der Waals surface area contributed by atoms with Crippen LogP contribution in [0.2, 0.25) is 0 Å². The van der Waals surface area contributed by atoms with Crippen molar-refractivity contribution in [3.8, 4) is 0 Å². The maximum Gasteiger partial charge on any atom is 0.311 e.